The number of para-hydroxylation sites is 1. The van der Waals surface area contributed by atoms with Crippen LogP contribution in [0.25, 0.3) is 82.6 Å². The third-order valence-corrected chi connectivity index (χ3v) is 11.5. The fourth-order valence-corrected chi connectivity index (χ4v) is 9.59. The maximum absolute atomic E-state index is 5.52. The predicted molar refractivity (Wildman–Crippen MR) is 204 cm³/mol. The highest BCUT2D eigenvalue weighted by molar-refractivity contribution is 6.28. The summed E-state index contributed by atoms with van der Waals surface area (Å²) in [6.07, 6.45) is 6.15. The second-order valence-corrected chi connectivity index (χ2v) is 14.0. The van der Waals surface area contributed by atoms with Crippen LogP contribution in [0.5, 0.6) is 0 Å². The van der Waals surface area contributed by atoms with Crippen LogP contribution >= 0.6 is 0 Å². The molecule has 0 radical (unpaired) electrons. The van der Waals surface area contributed by atoms with Crippen molar-refractivity contribution in [2.24, 2.45) is 0 Å². The number of hydrogen-bond donors (Lipinski definition) is 0. The SMILES string of the molecule is c1ccc(-c2nc(-n3c4c5ccccc5ccc4c4c5c(c6ccccc6c43)-c3ccccc3C53CCCCC3)nc3ccccc23)cc1. The van der Waals surface area contributed by atoms with Gasteiger partial charge in [-0.3, -0.25) is 4.57 Å². The predicted octanol–water partition coefficient (Wildman–Crippen LogP) is 11.9. The molecule has 0 amide bonds. The fourth-order valence-electron chi connectivity index (χ4n) is 9.59. The van der Waals surface area contributed by atoms with Crippen LogP contribution in [0.15, 0.2) is 140 Å². The molecule has 0 atom stereocenters. The lowest BCUT2D eigenvalue weighted by molar-refractivity contribution is 0.355. The standard InChI is InChI=1S/C46H33N3/c1-3-16-30(17-4-1)42-35-22-10-12-24-38(35)47-45(48-42)49-43-31-18-6-5-15-29(31)25-26-36(43)40-41-39(32-19-7-8-20-33(32)44(40)49)34-21-9-11-23-37(34)46(41)27-13-2-14-28-46/h1,3-12,15-26H,2,13-14,27-28H2. The molecular weight excluding hydrogens is 595 g/mol. The Bertz CT molecular complexity index is 2800. The Morgan fingerprint density at radius 1 is 0.510 bits per heavy atom. The molecule has 49 heavy (non-hydrogen) atoms. The number of nitrogens with zero attached hydrogens (tertiary/aromatic N) is 3. The van der Waals surface area contributed by atoms with Crippen molar-refractivity contribution in [2.45, 2.75) is 37.5 Å². The number of rotatable bonds is 2. The Balaban J connectivity index is 1.40. The van der Waals surface area contributed by atoms with Crippen molar-refractivity contribution >= 4 is 54.3 Å². The van der Waals surface area contributed by atoms with Crippen molar-refractivity contribution < 1.29 is 0 Å². The molecule has 2 aliphatic rings. The lowest BCUT2D eigenvalue weighted by atomic mass is 9.66. The van der Waals surface area contributed by atoms with Gasteiger partial charge in [0, 0.05) is 37.9 Å². The first kappa shape index (κ1) is 27.2. The third kappa shape index (κ3) is 3.62. The van der Waals surface area contributed by atoms with Gasteiger partial charge in [0.25, 0.3) is 0 Å². The molecule has 2 aromatic heterocycles. The highest BCUT2D eigenvalue weighted by Gasteiger charge is 2.46. The van der Waals surface area contributed by atoms with Crippen molar-refractivity contribution in [2.75, 3.05) is 0 Å². The Morgan fingerprint density at radius 3 is 2.06 bits per heavy atom. The van der Waals surface area contributed by atoms with Gasteiger partial charge in [0.1, 0.15) is 0 Å². The Hall–Kier alpha value is -5.80. The molecule has 0 aliphatic heterocycles. The molecule has 2 aliphatic carbocycles. The normalized spacial score (nSPS) is 15.1. The van der Waals surface area contributed by atoms with Crippen LogP contribution < -0.4 is 0 Å². The Morgan fingerprint density at radius 2 is 1.20 bits per heavy atom. The highest BCUT2D eigenvalue weighted by Crippen LogP contribution is 2.61. The third-order valence-electron chi connectivity index (χ3n) is 11.5. The van der Waals surface area contributed by atoms with Crippen LogP contribution in [0, 0.1) is 0 Å². The zero-order valence-corrected chi connectivity index (χ0v) is 27.2. The molecule has 232 valence electrons. The monoisotopic (exact) mass is 627 g/mol. The van der Waals surface area contributed by atoms with E-state index >= 15 is 0 Å². The number of benzene rings is 7. The topological polar surface area (TPSA) is 30.7 Å². The molecule has 0 unspecified atom stereocenters. The molecule has 0 N–H and O–H groups in total. The van der Waals surface area contributed by atoms with Gasteiger partial charge in [-0.25, -0.2) is 9.97 Å². The molecule has 1 spiro atoms. The summed E-state index contributed by atoms with van der Waals surface area (Å²) in [6.45, 7) is 0. The smallest absolute Gasteiger partial charge is 0.235 e. The van der Waals surface area contributed by atoms with Gasteiger partial charge >= 0.3 is 0 Å². The Kier molecular flexibility index (Phi) is 5.60. The summed E-state index contributed by atoms with van der Waals surface area (Å²) >= 11 is 0. The first-order valence-corrected chi connectivity index (χ1v) is 17.7. The zero-order valence-electron chi connectivity index (χ0n) is 27.2. The fraction of sp³-hybridized carbons (Fsp3) is 0.130. The van der Waals surface area contributed by atoms with Crippen molar-refractivity contribution in [3.05, 3.63) is 151 Å². The quantitative estimate of drug-likeness (QED) is 0.191. The van der Waals surface area contributed by atoms with E-state index in [0.717, 1.165) is 22.2 Å². The lowest BCUT2D eigenvalue weighted by Crippen LogP contribution is -2.28. The van der Waals surface area contributed by atoms with Crippen LogP contribution in [0.3, 0.4) is 0 Å². The van der Waals surface area contributed by atoms with E-state index in [2.05, 4.69) is 144 Å². The minimum Gasteiger partial charge on any atom is -0.277 e. The van der Waals surface area contributed by atoms with Crippen molar-refractivity contribution in [3.8, 4) is 28.3 Å². The van der Waals surface area contributed by atoms with Gasteiger partial charge in [-0.15, -0.1) is 0 Å². The van der Waals surface area contributed by atoms with E-state index in [-0.39, 0.29) is 5.41 Å². The molecule has 1 saturated carbocycles. The van der Waals surface area contributed by atoms with Gasteiger partial charge in [-0.2, -0.15) is 0 Å². The molecule has 2 heterocycles. The summed E-state index contributed by atoms with van der Waals surface area (Å²) in [5.74, 6) is 0.715. The summed E-state index contributed by atoms with van der Waals surface area (Å²) in [4.78, 5) is 10.9. The molecule has 3 nitrogen and oxygen atoms in total. The van der Waals surface area contributed by atoms with Crippen LogP contribution in [-0.2, 0) is 5.41 Å². The van der Waals surface area contributed by atoms with Crippen LogP contribution in [0.1, 0.15) is 43.2 Å². The van der Waals surface area contributed by atoms with E-state index in [9.17, 15) is 0 Å². The summed E-state index contributed by atoms with van der Waals surface area (Å²) in [7, 11) is 0. The average Bonchev–Trinajstić information content (AvgIpc) is 3.66. The van der Waals surface area contributed by atoms with E-state index in [0.29, 0.717) is 5.95 Å². The van der Waals surface area contributed by atoms with Crippen molar-refractivity contribution in [3.63, 3.8) is 0 Å². The van der Waals surface area contributed by atoms with Gasteiger partial charge in [0.15, 0.2) is 0 Å². The maximum atomic E-state index is 5.52. The van der Waals surface area contributed by atoms with Crippen molar-refractivity contribution in [1.82, 2.24) is 14.5 Å². The van der Waals surface area contributed by atoms with Crippen LogP contribution in [-0.4, -0.2) is 14.5 Å². The Labute approximate surface area is 284 Å². The number of aromatic nitrogens is 3. The number of hydrogen-bond acceptors (Lipinski definition) is 2. The van der Waals surface area contributed by atoms with Crippen LogP contribution in [0.4, 0.5) is 0 Å². The molecule has 7 aromatic carbocycles. The van der Waals surface area contributed by atoms with E-state index in [1.165, 1.54) is 97.7 Å². The molecule has 11 rings (SSSR count). The van der Waals surface area contributed by atoms with E-state index < -0.39 is 0 Å². The van der Waals surface area contributed by atoms with Gasteiger partial charge < -0.3 is 0 Å². The molecule has 3 heteroatoms. The molecule has 0 bridgehead atoms. The average molecular weight is 628 g/mol. The first-order valence-electron chi connectivity index (χ1n) is 17.7. The van der Waals surface area contributed by atoms with E-state index in [1.54, 1.807) is 0 Å². The second kappa shape index (κ2) is 10.1. The molecule has 1 fully saturated rings. The summed E-state index contributed by atoms with van der Waals surface area (Å²) < 4.78 is 2.42. The van der Waals surface area contributed by atoms with Gasteiger partial charge in [0.05, 0.1) is 22.2 Å². The van der Waals surface area contributed by atoms with E-state index in [4.69, 9.17) is 9.97 Å². The number of fused-ring (bicyclic) bond motifs is 15. The van der Waals surface area contributed by atoms with Gasteiger partial charge in [-0.1, -0.05) is 153 Å². The van der Waals surface area contributed by atoms with Crippen LogP contribution in [0.2, 0.25) is 0 Å². The summed E-state index contributed by atoms with van der Waals surface area (Å²) in [5, 5.41) is 8.72. The minimum absolute atomic E-state index is 0.0172. The maximum Gasteiger partial charge on any atom is 0.235 e. The molecule has 9 aromatic rings. The lowest BCUT2D eigenvalue weighted by Gasteiger charge is -2.36. The minimum atomic E-state index is -0.0172. The summed E-state index contributed by atoms with van der Waals surface area (Å²) in [6, 6.07) is 50.9. The first-order chi connectivity index (χ1) is 24.3. The summed E-state index contributed by atoms with van der Waals surface area (Å²) in [5.41, 5.74) is 11.2. The second-order valence-electron chi connectivity index (χ2n) is 14.0. The zero-order chi connectivity index (χ0) is 32.1. The largest absolute Gasteiger partial charge is 0.277 e. The van der Waals surface area contributed by atoms with Crippen molar-refractivity contribution in [1.29, 1.82) is 0 Å². The van der Waals surface area contributed by atoms with Gasteiger partial charge in [0.2, 0.25) is 5.95 Å². The molecule has 0 saturated heterocycles. The highest BCUT2D eigenvalue weighted by atomic mass is 15.2. The van der Waals surface area contributed by atoms with E-state index in [1.807, 2.05) is 0 Å². The molecular formula is C46H33N3. The van der Waals surface area contributed by atoms with Gasteiger partial charge in [-0.05, 0) is 51.9 Å².